The van der Waals surface area contributed by atoms with E-state index in [4.69, 9.17) is 9.47 Å². The molecular formula is C23H22FN3O3. The molecule has 154 valence electrons. The topological polar surface area (TPSA) is 64.5 Å². The van der Waals surface area contributed by atoms with Gasteiger partial charge in [0.05, 0.1) is 38.1 Å². The molecule has 6 nitrogen and oxygen atoms in total. The van der Waals surface area contributed by atoms with Crippen LogP contribution in [-0.4, -0.2) is 47.6 Å². The normalized spacial score (nSPS) is 16.3. The number of morpholine rings is 1. The van der Waals surface area contributed by atoms with E-state index in [9.17, 15) is 9.18 Å². The highest BCUT2D eigenvalue weighted by Crippen LogP contribution is 2.29. The highest BCUT2D eigenvalue weighted by Gasteiger charge is 2.28. The number of nitrogens with zero attached hydrogens (tertiary/aromatic N) is 3. The number of methoxy groups -OCH3 is 1. The third kappa shape index (κ3) is 4.46. The summed E-state index contributed by atoms with van der Waals surface area (Å²) in [5, 5.41) is 0. The lowest BCUT2D eigenvalue weighted by Gasteiger charge is -2.33. The lowest BCUT2D eigenvalue weighted by atomic mass is 10.0. The Bertz CT molecular complexity index is 1040. The maximum atomic E-state index is 13.7. The van der Waals surface area contributed by atoms with Gasteiger partial charge < -0.3 is 14.4 Å². The first-order valence-corrected chi connectivity index (χ1v) is 9.73. The van der Waals surface area contributed by atoms with Crippen LogP contribution in [0.2, 0.25) is 0 Å². The number of hydrogen-bond donors (Lipinski definition) is 0. The van der Waals surface area contributed by atoms with E-state index >= 15 is 0 Å². The number of aromatic nitrogens is 2. The number of rotatable bonds is 5. The van der Waals surface area contributed by atoms with Crippen molar-refractivity contribution in [3.05, 3.63) is 78.0 Å². The van der Waals surface area contributed by atoms with E-state index in [1.807, 2.05) is 24.3 Å². The molecule has 0 bridgehead atoms. The summed E-state index contributed by atoms with van der Waals surface area (Å²) >= 11 is 0. The van der Waals surface area contributed by atoms with Crippen molar-refractivity contribution in [3.8, 4) is 17.0 Å². The van der Waals surface area contributed by atoms with Crippen LogP contribution in [-0.2, 0) is 16.0 Å². The fourth-order valence-corrected chi connectivity index (χ4v) is 3.55. The first-order valence-electron chi connectivity index (χ1n) is 9.73. The molecule has 1 aliphatic heterocycles. The molecule has 1 aliphatic rings. The van der Waals surface area contributed by atoms with E-state index in [2.05, 4.69) is 9.97 Å². The summed E-state index contributed by atoms with van der Waals surface area (Å²) < 4.78 is 24.9. The first-order chi connectivity index (χ1) is 14.6. The van der Waals surface area contributed by atoms with Crippen LogP contribution in [0.1, 0.15) is 17.4 Å². The van der Waals surface area contributed by atoms with Crippen LogP contribution in [0.25, 0.3) is 11.3 Å². The fraction of sp³-hybridized carbons (Fsp3) is 0.261. The molecular weight excluding hydrogens is 385 g/mol. The molecule has 1 fully saturated rings. The van der Waals surface area contributed by atoms with Gasteiger partial charge in [-0.25, -0.2) is 4.39 Å². The van der Waals surface area contributed by atoms with Crippen molar-refractivity contribution in [1.29, 1.82) is 0 Å². The zero-order chi connectivity index (χ0) is 20.9. The maximum absolute atomic E-state index is 13.7. The van der Waals surface area contributed by atoms with Gasteiger partial charge in [0, 0.05) is 24.5 Å². The van der Waals surface area contributed by atoms with E-state index in [1.165, 1.54) is 12.1 Å². The molecule has 0 aliphatic carbocycles. The highest BCUT2D eigenvalue weighted by atomic mass is 19.1. The molecule has 1 amide bonds. The molecule has 2 aromatic carbocycles. The number of benzene rings is 2. The monoisotopic (exact) mass is 407 g/mol. The number of hydrogen-bond acceptors (Lipinski definition) is 5. The SMILES string of the molecule is COc1cccc(CC(=O)N2CCO[C@@H](c3nccnc3-c3cccc(F)c3)C2)c1. The molecule has 0 radical (unpaired) electrons. The molecule has 0 N–H and O–H groups in total. The average molecular weight is 407 g/mol. The van der Waals surface area contributed by atoms with Crippen molar-refractivity contribution < 1.29 is 18.7 Å². The van der Waals surface area contributed by atoms with Gasteiger partial charge in [-0.05, 0) is 29.8 Å². The predicted octanol–water partition coefficient (Wildman–Crippen LogP) is 3.43. The second-order valence-corrected chi connectivity index (χ2v) is 7.03. The van der Waals surface area contributed by atoms with Crippen LogP contribution in [0.3, 0.4) is 0 Å². The van der Waals surface area contributed by atoms with Crippen LogP contribution in [0.15, 0.2) is 60.9 Å². The zero-order valence-electron chi connectivity index (χ0n) is 16.6. The lowest BCUT2D eigenvalue weighted by Crippen LogP contribution is -2.43. The summed E-state index contributed by atoms with van der Waals surface area (Å²) in [6.07, 6.45) is 3.00. The van der Waals surface area contributed by atoms with Crippen molar-refractivity contribution in [3.63, 3.8) is 0 Å². The van der Waals surface area contributed by atoms with Gasteiger partial charge in [0.1, 0.15) is 17.7 Å². The Morgan fingerprint density at radius 2 is 2.03 bits per heavy atom. The summed E-state index contributed by atoms with van der Waals surface area (Å²) in [5.74, 6) is 0.385. The third-order valence-electron chi connectivity index (χ3n) is 5.04. The summed E-state index contributed by atoms with van der Waals surface area (Å²) in [6.45, 7) is 1.27. The maximum Gasteiger partial charge on any atom is 0.227 e. The standard InChI is InChI=1S/C23H22FN3O3/c1-29-19-7-2-4-16(12-19)13-21(28)27-10-11-30-20(15-27)23-22(25-8-9-26-23)17-5-3-6-18(24)14-17/h2-9,12,14,20H,10-11,13,15H2,1H3/t20-/m1/s1. The van der Waals surface area contributed by atoms with Crippen LogP contribution in [0.5, 0.6) is 5.75 Å². The van der Waals surface area contributed by atoms with Crippen molar-refractivity contribution in [1.82, 2.24) is 14.9 Å². The van der Waals surface area contributed by atoms with Crippen LogP contribution >= 0.6 is 0 Å². The van der Waals surface area contributed by atoms with Gasteiger partial charge in [0.2, 0.25) is 5.91 Å². The Morgan fingerprint density at radius 1 is 1.20 bits per heavy atom. The summed E-state index contributed by atoms with van der Waals surface area (Å²) in [6, 6.07) is 13.7. The highest BCUT2D eigenvalue weighted by molar-refractivity contribution is 5.79. The molecule has 1 saturated heterocycles. The van der Waals surface area contributed by atoms with Gasteiger partial charge in [0.15, 0.2) is 0 Å². The molecule has 3 aromatic rings. The van der Waals surface area contributed by atoms with Crippen LogP contribution < -0.4 is 4.74 Å². The molecule has 1 aromatic heterocycles. The fourth-order valence-electron chi connectivity index (χ4n) is 3.55. The molecule has 4 rings (SSSR count). The quantitative estimate of drug-likeness (QED) is 0.648. The Morgan fingerprint density at radius 3 is 2.87 bits per heavy atom. The number of amides is 1. The zero-order valence-corrected chi connectivity index (χ0v) is 16.6. The molecule has 1 atom stereocenters. The molecule has 0 saturated carbocycles. The second kappa shape index (κ2) is 9.00. The Hall–Kier alpha value is -3.32. The average Bonchev–Trinajstić information content (AvgIpc) is 2.79. The van der Waals surface area contributed by atoms with Gasteiger partial charge in [-0.1, -0.05) is 24.3 Å². The summed E-state index contributed by atoms with van der Waals surface area (Å²) in [5.41, 5.74) is 2.68. The number of carbonyl (C=O) groups excluding carboxylic acids is 1. The minimum atomic E-state index is -0.431. The van der Waals surface area contributed by atoms with Gasteiger partial charge in [-0.15, -0.1) is 0 Å². The second-order valence-electron chi connectivity index (χ2n) is 7.03. The first kappa shape index (κ1) is 20.0. The van der Waals surface area contributed by atoms with E-state index in [-0.39, 0.29) is 18.1 Å². The van der Waals surface area contributed by atoms with Gasteiger partial charge in [-0.3, -0.25) is 14.8 Å². The Labute approximate surface area is 174 Å². The van der Waals surface area contributed by atoms with Crippen LogP contribution in [0.4, 0.5) is 4.39 Å². The molecule has 7 heteroatoms. The predicted molar refractivity (Wildman–Crippen MR) is 109 cm³/mol. The van der Waals surface area contributed by atoms with Gasteiger partial charge >= 0.3 is 0 Å². The van der Waals surface area contributed by atoms with Crippen molar-refractivity contribution in [2.45, 2.75) is 12.5 Å². The van der Waals surface area contributed by atoms with Gasteiger partial charge in [0.25, 0.3) is 0 Å². The molecule has 0 unspecified atom stereocenters. The lowest BCUT2D eigenvalue weighted by molar-refractivity contribution is -0.138. The third-order valence-corrected chi connectivity index (χ3v) is 5.04. The molecule has 0 spiro atoms. The van der Waals surface area contributed by atoms with Gasteiger partial charge in [-0.2, -0.15) is 0 Å². The molecule has 30 heavy (non-hydrogen) atoms. The van der Waals surface area contributed by atoms with E-state index in [1.54, 1.807) is 36.5 Å². The van der Waals surface area contributed by atoms with Crippen molar-refractivity contribution in [2.24, 2.45) is 0 Å². The smallest absolute Gasteiger partial charge is 0.227 e. The minimum Gasteiger partial charge on any atom is -0.497 e. The summed E-state index contributed by atoms with van der Waals surface area (Å²) in [4.78, 5) is 23.5. The van der Waals surface area contributed by atoms with Crippen molar-refractivity contribution in [2.75, 3.05) is 26.8 Å². The van der Waals surface area contributed by atoms with Crippen molar-refractivity contribution >= 4 is 5.91 Å². The number of carbonyl (C=O) groups is 1. The Balaban J connectivity index is 1.52. The number of ether oxygens (including phenoxy) is 2. The minimum absolute atomic E-state index is 0.00717. The Kier molecular flexibility index (Phi) is 5.99. The van der Waals surface area contributed by atoms with E-state index < -0.39 is 6.10 Å². The molecule has 2 heterocycles. The number of halogens is 1. The van der Waals surface area contributed by atoms with E-state index in [0.29, 0.717) is 36.6 Å². The largest absolute Gasteiger partial charge is 0.497 e. The van der Waals surface area contributed by atoms with E-state index in [0.717, 1.165) is 11.3 Å². The summed E-state index contributed by atoms with van der Waals surface area (Å²) in [7, 11) is 1.60. The van der Waals surface area contributed by atoms with Crippen LogP contribution in [0, 0.1) is 5.82 Å².